The standard InChI is InChI=1S/C16H29N/c1-13(2)14-11-15(12-14)17-10-6-5-9-16(17)7-3-4-8-16/h13-15H,3-12H2,1-2H3. The summed E-state index contributed by atoms with van der Waals surface area (Å²) in [4.78, 5) is 2.97. The summed E-state index contributed by atoms with van der Waals surface area (Å²) in [6.07, 6.45) is 13.5. The molecule has 0 bridgehead atoms. The normalized spacial score (nSPS) is 37.6. The Morgan fingerprint density at radius 2 is 1.53 bits per heavy atom. The van der Waals surface area contributed by atoms with Gasteiger partial charge in [-0.2, -0.15) is 0 Å². The highest BCUT2D eigenvalue weighted by Gasteiger charge is 2.47. The van der Waals surface area contributed by atoms with E-state index in [4.69, 9.17) is 0 Å². The average Bonchev–Trinajstić information content (AvgIpc) is 2.68. The van der Waals surface area contributed by atoms with Gasteiger partial charge in [0.2, 0.25) is 0 Å². The van der Waals surface area contributed by atoms with Crippen molar-refractivity contribution in [1.29, 1.82) is 0 Å². The lowest BCUT2D eigenvalue weighted by molar-refractivity contribution is -0.0461. The van der Waals surface area contributed by atoms with Crippen LogP contribution in [-0.2, 0) is 0 Å². The topological polar surface area (TPSA) is 3.24 Å². The van der Waals surface area contributed by atoms with E-state index in [9.17, 15) is 0 Å². The van der Waals surface area contributed by atoms with Gasteiger partial charge in [-0.25, -0.2) is 0 Å². The molecule has 1 aliphatic heterocycles. The molecule has 0 aromatic rings. The van der Waals surface area contributed by atoms with Gasteiger partial charge in [0.05, 0.1) is 0 Å². The maximum Gasteiger partial charge on any atom is 0.0212 e. The van der Waals surface area contributed by atoms with Gasteiger partial charge in [0.15, 0.2) is 0 Å². The van der Waals surface area contributed by atoms with E-state index >= 15 is 0 Å². The fraction of sp³-hybridized carbons (Fsp3) is 1.00. The maximum atomic E-state index is 2.97. The molecule has 98 valence electrons. The Morgan fingerprint density at radius 3 is 2.12 bits per heavy atom. The molecule has 1 heterocycles. The second kappa shape index (κ2) is 4.57. The van der Waals surface area contributed by atoms with Crippen LogP contribution in [0.5, 0.6) is 0 Å². The van der Waals surface area contributed by atoms with Crippen LogP contribution >= 0.6 is 0 Å². The summed E-state index contributed by atoms with van der Waals surface area (Å²) in [5.41, 5.74) is 0.671. The molecule has 0 unspecified atom stereocenters. The predicted octanol–water partition coefficient (Wildman–Crippen LogP) is 4.22. The summed E-state index contributed by atoms with van der Waals surface area (Å²) in [5, 5.41) is 0. The van der Waals surface area contributed by atoms with Crippen LogP contribution in [0, 0.1) is 11.8 Å². The van der Waals surface area contributed by atoms with E-state index in [1.54, 1.807) is 0 Å². The molecular weight excluding hydrogens is 206 g/mol. The van der Waals surface area contributed by atoms with E-state index in [1.165, 1.54) is 64.3 Å². The Balaban J connectivity index is 1.65. The van der Waals surface area contributed by atoms with E-state index in [-0.39, 0.29) is 0 Å². The second-order valence-electron chi connectivity index (χ2n) is 7.21. The summed E-state index contributed by atoms with van der Waals surface area (Å²) < 4.78 is 0. The molecule has 3 fully saturated rings. The van der Waals surface area contributed by atoms with Crippen molar-refractivity contribution in [3.63, 3.8) is 0 Å². The molecule has 0 N–H and O–H groups in total. The van der Waals surface area contributed by atoms with Gasteiger partial charge in [-0.15, -0.1) is 0 Å². The molecule has 1 heteroatoms. The molecule has 1 spiro atoms. The quantitative estimate of drug-likeness (QED) is 0.692. The predicted molar refractivity (Wildman–Crippen MR) is 73.1 cm³/mol. The summed E-state index contributed by atoms with van der Waals surface area (Å²) in [6, 6.07) is 0.959. The Labute approximate surface area is 107 Å². The number of likely N-dealkylation sites (tertiary alicyclic amines) is 1. The molecule has 0 aromatic heterocycles. The van der Waals surface area contributed by atoms with Crippen molar-refractivity contribution in [2.24, 2.45) is 11.8 Å². The molecule has 0 atom stereocenters. The van der Waals surface area contributed by atoms with Crippen molar-refractivity contribution >= 4 is 0 Å². The summed E-state index contributed by atoms with van der Waals surface area (Å²) in [7, 11) is 0. The van der Waals surface area contributed by atoms with Crippen LogP contribution in [0.1, 0.15) is 71.6 Å². The molecule has 0 amide bonds. The molecule has 3 rings (SSSR count). The third-order valence-corrected chi connectivity index (χ3v) is 5.97. The monoisotopic (exact) mass is 235 g/mol. The first-order valence-electron chi connectivity index (χ1n) is 7.98. The van der Waals surface area contributed by atoms with Gasteiger partial charge in [0.1, 0.15) is 0 Å². The minimum Gasteiger partial charge on any atom is -0.295 e. The zero-order valence-electron chi connectivity index (χ0n) is 11.8. The molecule has 2 saturated carbocycles. The number of hydrogen-bond acceptors (Lipinski definition) is 1. The van der Waals surface area contributed by atoms with Crippen molar-refractivity contribution in [2.75, 3.05) is 6.54 Å². The number of nitrogens with zero attached hydrogens (tertiary/aromatic N) is 1. The minimum absolute atomic E-state index is 0.671. The maximum absolute atomic E-state index is 2.97. The fourth-order valence-corrected chi connectivity index (χ4v) is 4.69. The minimum atomic E-state index is 0.671. The zero-order valence-corrected chi connectivity index (χ0v) is 11.8. The van der Waals surface area contributed by atoms with E-state index in [1.807, 2.05) is 0 Å². The zero-order chi connectivity index (χ0) is 11.9. The second-order valence-corrected chi connectivity index (χ2v) is 7.21. The van der Waals surface area contributed by atoms with Gasteiger partial charge in [-0.05, 0) is 56.9 Å². The third-order valence-electron chi connectivity index (χ3n) is 5.97. The summed E-state index contributed by atoms with van der Waals surface area (Å²) in [6.45, 7) is 6.22. The molecular formula is C16H29N. The lowest BCUT2D eigenvalue weighted by atomic mass is 9.70. The third kappa shape index (κ3) is 2.05. The van der Waals surface area contributed by atoms with Crippen LogP contribution in [0.25, 0.3) is 0 Å². The van der Waals surface area contributed by atoms with Crippen LogP contribution in [0.2, 0.25) is 0 Å². The van der Waals surface area contributed by atoms with Crippen LogP contribution in [0.3, 0.4) is 0 Å². The van der Waals surface area contributed by atoms with E-state index in [0.29, 0.717) is 5.54 Å². The van der Waals surface area contributed by atoms with Crippen molar-refractivity contribution in [3.8, 4) is 0 Å². The number of hydrogen-bond donors (Lipinski definition) is 0. The van der Waals surface area contributed by atoms with Crippen LogP contribution in [0.4, 0.5) is 0 Å². The Kier molecular flexibility index (Phi) is 3.23. The van der Waals surface area contributed by atoms with E-state index < -0.39 is 0 Å². The molecule has 2 aliphatic carbocycles. The summed E-state index contributed by atoms with van der Waals surface area (Å²) in [5.74, 6) is 1.94. The lowest BCUT2D eigenvalue weighted by Crippen LogP contribution is -2.58. The fourth-order valence-electron chi connectivity index (χ4n) is 4.69. The van der Waals surface area contributed by atoms with Gasteiger partial charge in [0.25, 0.3) is 0 Å². The first kappa shape index (κ1) is 12.0. The first-order chi connectivity index (χ1) is 8.21. The number of rotatable bonds is 2. The largest absolute Gasteiger partial charge is 0.295 e. The molecule has 17 heavy (non-hydrogen) atoms. The summed E-state index contributed by atoms with van der Waals surface area (Å²) >= 11 is 0. The van der Waals surface area contributed by atoms with Gasteiger partial charge in [-0.3, -0.25) is 4.90 Å². The molecule has 3 aliphatic rings. The Morgan fingerprint density at radius 1 is 0.941 bits per heavy atom. The Bertz CT molecular complexity index is 259. The van der Waals surface area contributed by atoms with Crippen LogP contribution < -0.4 is 0 Å². The highest BCUT2D eigenvalue weighted by molar-refractivity contribution is 5.02. The average molecular weight is 235 g/mol. The highest BCUT2D eigenvalue weighted by Crippen LogP contribution is 2.48. The van der Waals surface area contributed by atoms with Crippen molar-refractivity contribution in [3.05, 3.63) is 0 Å². The number of piperidine rings is 1. The van der Waals surface area contributed by atoms with Gasteiger partial charge in [-0.1, -0.05) is 33.1 Å². The van der Waals surface area contributed by atoms with Crippen LogP contribution in [0.15, 0.2) is 0 Å². The lowest BCUT2D eigenvalue weighted by Gasteiger charge is -2.55. The SMILES string of the molecule is CC(C)C1CC(N2CCCCC23CCCC3)C1. The van der Waals surface area contributed by atoms with Gasteiger partial charge >= 0.3 is 0 Å². The van der Waals surface area contributed by atoms with Gasteiger partial charge in [0, 0.05) is 11.6 Å². The molecule has 1 nitrogen and oxygen atoms in total. The molecule has 0 aromatic carbocycles. The van der Waals surface area contributed by atoms with Crippen molar-refractivity contribution in [2.45, 2.75) is 83.2 Å². The van der Waals surface area contributed by atoms with E-state index in [2.05, 4.69) is 18.7 Å². The van der Waals surface area contributed by atoms with Crippen molar-refractivity contribution < 1.29 is 0 Å². The first-order valence-corrected chi connectivity index (χ1v) is 7.98. The molecule has 0 radical (unpaired) electrons. The smallest absolute Gasteiger partial charge is 0.0212 e. The Hall–Kier alpha value is -0.0400. The molecule has 1 saturated heterocycles. The van der Waals surface area contributed by atoms with Crippen LogP contribution in [-0.4, -0.2) is 23.0 Å². The van der Waals surface area contributed by atoms with Gasteiger partial charge < -0.3 is 0 Å². The highest BCUT2D eigenvalue weighted by atomic mass is 15.2. The van der Waals surface area contributed by atoms with Crippen molar-refractivity contribution in [1.82, 2.24) is 4.90 Å². The van der Waals surface area contributed by atoms with E-state index in [0.717, 1.165) is 17.9 Å².